The van der Waals surface area contributed by atoms with Gasteiger partial charge >= 0.3 is 0 Å². The zero-order valence-corrected chi connectivity index (χ0v) is 15.8. The van der Waals surface area contributed by atoms with E-state index in [-0.39, 0.29) is 17.6 Å². The second-order valence-corrected chi connectivity index (χ2v) is 8.29. The number of hydrogen-bond acceptors (Lipinski definition) is 5. The van der Waals surface area contributed by atoms with E-state index in [4.69, 9.17) is 0 Å². The Kier molecular flexibility index (Phi) is 5.04. The fourth-order valence-electron chi connectivity index (χ4n) is 2.88. The van der Waals surface area contributed by atoms with Crippen molar-refractivity contribution in [3.63, 3.8) is 0 Å². The van der Waals surface area contributed by atoms with E-state index < -0.39 is 11.5 Å². The zero-order chi connectivity index (χ0) is 18.9. The molecular weight excluding hydrogens is 355 g/mol. The summed E-state index contributed by atoms with van der Waals surface area (Å²) in [7, 11) is 0. The summed E-state index contributed by atoms with van der Waals surface area (Å²) in [6.45, 7) is 6.14. The molecule has 138 valence electrons. The Morgan fingerprint density at radius 3 is 2.58 bits per heavy atom. The van der Waals surface area contributed by atoms with Crippen molar-refractivity contribution in [1.82, 2.24) is 15.1 Å². The van der Waals surface area contributed by atoms with Crippen molar-refractivity contribution in [2.24, 2.45) is 5.41 Å². The van der Waals surface area contributed by atoms with E-state index in [1.807, 2.05) is 20.8 Å². The van der Waals surface area contributed by atoms with Gasteiger partial charge in [0.15, 0.2) is 0 Å². The van der Waals surface area contributed by atoms with Gasteiger partial charge in [0.05, 0.1) is 0 Å². The summed E-state index contributed by atoms with van der Waals surface area (Å²) >= 11 is 1.21. The maximum Gasteiger partial charge on any atom is 0.249 e. The predicted molar refractivity (Wildman–Crippen MR) is 98.1 cm³/mol. The third-order valence-corrected chi connectivity index (χ3v) is 5.09. The lowest BCUT2D eigenvalue weighted by molar-refractivity contribution is -0.143. The maximum atomic E-state index is 13.0. The van der Waals surface area contributed by atoms with Gasteiger partial charge in [-0.15, -0.1) is 10.2 Å². The number of likely N-dealkylation sites (tertiary alicyclic amines) is 1. The van der Waals surface area contributed by atoms with Crippen LogP contribution in [0.3, 0.4) is 0 Å². The van der Waals surface area contributed by atoms with E-state index in [2.05, 4.69) is 15.5 Å². The molecule has 1 atom stereocenters. The van der Waals surface area contributed by atoms with Crippen LogP contribution in [-0.2, 0) is 9.59 Å². The highest BCUT2D eigenvalue weighted by atomic mass is 32.1. The van der Waals surface area contributed by atoms with Crippen molar-refractivity contribution in [3.05, 3.63) is 30.1 Å². The molecule has 2 heterocycles. The maximum absolute atomic E-state index is 13.0. The van der Waals surface area contributed by atoms with Gasteiger partial charge in [0, 0.05) is 17.5 Å². The van der Waals surface area contributed by atoms with E-state index >= 15 is 0 Å². The van der Waals surface area contributed by atoms with Gasteiger partial charge in [0.1, 0.15) is 16.9 Å². The molecule has 0 spiro atoms. The van der Waals surface area contributed by atoms with Gasteiger partial charge in [-0.05, 0) is 37.1 Å². The van der Waals surface area contributed by atoms with Gasteiger partial charge in [0.25, 0.3) is 0 Å². The van der Waals surface area contributed by atoms with E-state index in [0.717, 1.165) is 12.0 Å². The number of anilines is 1. The van der Waals surface area contributed by atoms with Crippen molar-refractivity contribution in [2.75, 3.05) is 11.9 Å². The summed E-state index contributed by atoms with van der Waals surface area (Å²) in [6.07, 6.45) is 1.44. The van der Waals surface area contributed by atoms with Crippen LogP contribution in [0.2, 0.25) is 0 Å². The number of amides is 2. The lowest BCUT2D eigenvalue weighted by Crippen LogP contribution is -2.47. The minimum absolute atomic E-state index is 0.0283. The molecule has 1 aromatic carbocycles. The zero-order valence-electron chi connectivity index (χ0n) is 15.0. The molecule has 2 amide bonds. The number of benzene rings is 1. The molecule has 0 unspecified atom stereocenters. The van der Waals surface area contributed by atoms with Crippen LogP contribution in [0.15, 0.2) is 24.3 Å². The van der Waals surface area contributed by atoms with Gasteiger partial charge in [-0.2, -0.15) is 0 Å². The van der Waals surface area contributed by atoms with Crippen molar-refractivity contribution >= 4 is 28.3 Å². The normalized spacial score (nSPS) is 17.4. The SMILES string of the molecule is CC(C)(C)C(=O)N1CCC[C@H]1C(=O)Nc1nnc(-c2ccc(F)cc2)s1. The Balaban J connectivity index is 1.70. The summed E-state index contributed by atoms with van der Waals surface area (Å²) in [6, 6.07) is 5.44. The number of halogens is 1. The Hall–Kier alpha value is -2.35. The molecule has 0 bridgehead atoms. The number of hydrogen-bond donors (Lipinski definition) is 1. The monoisotopic (exact) mass is 376 g/mol. The Bertz CT molecular complexity index is 813. The van der Waals surface area contributed by atoms with Crippen LogP contribution in [0.1, 0.15) is 33.6 Å². The van der Waals surface area contributed by atoms with E-state index in [1.54, 1.807) is 17.0 Å². The van der Waals surface area contributed by atoms with Gasteiger partial charge in [0.2, 0.25) is 16.9 Å². The Labute approximate surface area is 155 Å². The predicted octanol–water partition coefficient (Wildman–Crippen LogP) is 3.32. The highest BCUT2D eigenvalue weighted by molar-refractivity contribution is 7.18. The molecule has 0 aliphatic carbocycles. The topological polar surface area (TPSA) is 75.2 Å². The average molecular weight is 376 g/mol. The van der Waals surface area contributed by atoms with Crippen LogP contribution < -0.4 is 5.32 Å². The molecular formula is C18H21FN4O2S. The highest BCUT2D eigenvalue weighted by Gasteiger charge is 2.38. The molecule has 1 aliphatic rings. The van der Waals surface area contributed by atoms with Crippen LogP contribution in [0, 0.1) is 11.2 Å². The number of rotatable bonds is 3. The van der Waals surface area contributed by atoms with Crippen molar-refractivity contribution in [3.8, 4) is 10.6 Å². The van der Waals surface area contributed by atoms with E-state index in [9.17, 15) is 14.0 Å². The van der Waals surface area contributed by atoms with Crippen molar-refractivity contribution in [1.29, 1.82) is 0 Å². The largest absolute Gasteiger partial charge is 0.330 e. The highest BCUT2D eigenvalue weighted by Crippen LogP contribution is 2.29. The minimum Gasteiger partial charge on any atom is -0.330 e. The molecule has 0 radical (unpaired) electrons. The first-order chi connectivity index (χ1) is 12.3. The second kappa shape index (κ2) is 7.11. The molecule has 26 heavy (non-hydrogen) atoms. The first kappa shape index (κ1) is 18.4. The third kappa shape index (κ3) is 3.90. The van der Waals surface area contributed by atoms with Crippen LogP contribution in [0.5, 0.6) is 0 Å². The van der Waals surface area contributed by atoms with Crippen LogP contribution in [0.25, 0.3) is 10.6 Å². The third-order valence-electron chi connectivity index (χ3n) is 4.20. The van der Waals surface area contributed by atoms with Gasteiger partial charge in [-0.25, -0.2) is 4.39 Å². The lowest BCUT2D eigenvalue weighted by atomic mass is 9.94. The number of aromatic nitrogens is 2. The summed E-state index contributed by atoms with van der Waals surface area (Å²) in [5, 5.41) is 11.7. The summed E-state index contributed by atoms with van der Waals surface area (Å²) in [5.41, 5.74) is 0.205. The minimum atomic E-state index is -0.526. The number of nitrogens with zero attached hydrogens (tertiary/aromatic N) is 3. The van der Waals surface area contributed by atoms with E-state index in [1.165, 1.54) is 23.5 Å². The molecule has 6 nitrogen and oxygen atoms in total. The lowest BCUT2D eigenvalue weighted by Gasteiger charge is -2.29. The smallest absolute Gasteiger partial charge is 0.249 e. The fourth-order valence-corrected chi connectivity index (χ4v) is 3.64. The molecule has 8 heteroatoms. The summed E-state index contributed by atoms with van der Waals surface area (Å²) in [5.74, 6) is -0.599. The summed E-state index contributed by atoms with van der Waals surface area (Å²) in [4.78, 5) is 26.8. The van der Waals surface area contributed by atoms with Gasteiger partial charge in [-0.1, -0.05) is 32.1 Å². The molecule has 0 saturated carbocycles. The van der Waals surface area contributed by atoms with Gasteiger partial charge < -0.3 is 4.90 Å². The van der Waals surface area contributed by atoms with Crippen LogP contribution in [-0.4, -0.2) is 39.5 Å². The van der Waals surface area contributed by atoms with Gasteiger partial charge in [-0.3, -0.25) is 14.9 Å². The number of carbonyl (C=O) groups is 2. The molecule has 1 N–H and O–H groups in total. The van der Waals surface area contributed by atoms with Crippen molar-refractivity contribution in [2.45, 2.75) is 39.7 Å². The Morgan fingerprint density at radius 1 is 1.23 bits per heavy atom. The van der Waals surface area contributed by atoms with E-state index in [0.29, 0.717) is 23.1 Å². The first-order valence-electron chi connectivity index (χ1n) is 8.47. The Morgan fingerprint density at radius 2 is 1.92 bits per heavy atom. The standard InChI is InChI=1S/C18H21FN4O2S/c1-18(2,3)16(25)23-10-4-5-13(23)14(24)20-17-22-21-15(26-17)11-6-8-12(19)9-7-11/h6-9,13H,4-5,10H2,1-3H3,(H,20,22,24)/t13-/m0/s1. The second-order valence-electron chi connectivity index (χ2n) is 7.32. The van der Waals surface area contributed by atoms with Crippen LogP contribution in [0.4, 0.5) is 9.52 Å². The molecule has 1 aromatic heterocycles. The quantitative estimate of drug-likeness (QED) is 0.892. The molecule has 1 fully saturated rings. The fraction of sp³-hybridized carbons (Fsp3) is 0.444. The van der Waals surface area contributed by atoms with Crippen LogP contribution >= 0.6 is 11.3 Å². The number of carbonyl (C=O) groups excluding carboxylic acids is 2. The average Bonchev–Trinajstić information content (AvgIpc) is 3.23. The first-order valence-corrected chi connectivity index (χ1v) is 9.29. The molecule has 2 aromatic rings. The molecule has 3 rings (SSSR count). The number of nitrogens with one attached hydrogen (secondary N) is 1. The summed E-state index contributed by atoms with van der Waals surface area (Å²) < 4.78 is 13.0. The van der Waals surface area contributed by atoms with Crippen molar-refractivity contribution < 1.29 is 14.0 Å². The molecule has 1 aliphatic heterocycles. The molecule has 1 saturated heterocycles.